The molecule has 1 atom stereocenters. The van der Waals surface area contributed by atoms with E-state index in [1.807, 2.05) is 37.4 Å². The summed E-state index contributed by atoms with van der Waals surface area (Å²) in [6, 6.07) is 7.49. The van der Waals surface area contributed by atoms with Crippen LogP contribution in [0, 0.1) is 6.92 Å². The minimum atomic E-state index is -0.437. The number of nitrogens with zero attached hydrogens (tertiary/aromatic N) is 1. The summed E-state index contributed by atoms with van der Waals surface area (Å²) in [4.78, 5) is 5.28. The van der Waals surface area contributed by atoms with Crippen molar-refractivity contribution >= 4 is 11.3 Å². The highest BCUT2D eigenvalue weighted by molar-refractivity contribution is 7.11. The van der Waals surface area contributed by atoms with E-state index in [4.69, 9.17) is 4.74 Å². The average Bonchev–Trinajstić information content (AvgIpc) is 2.73. The number of hydrogen-bond acceptors (Lipinski definition) is 4. The van der Waals surface area contributed by atoms with Gasteiger partial charge in [-0.3, -0.25) is 0 Å². The molecule has 1 heterocycles. The quantitative estimate of drug-likeness (QED) is 0.905. The molecule has 1 aromatic heterocycles. The van der Waals surface area contributed by atoms with Crippen molar-refractivity contribution in [2.75, 3.05) is 0 Å². The Kier molecular flexibility index (Phi) is 3.76. The number of thiazole rings is 1. The number of aliphatic hydroxyl groups excluding tert-OH is 1. The third-order valence-corrected chi connectivity index (χ3v) is 3.30. The zero-order chi connectivity index (χ0) is 12.3. The van der Waals surface area contributed by atoms with Gasteiger partial charge in [-0.05, 0) is 31.5 Å². The number of aliphatic hydroxyl groups is 1. The van der Waals surface area contributed by atoms with Crippen LogP contribution in [0.3, 0.4) is 0 Å². The highest BCUT2D eigenvalue weighted by Gasteiger charge is 2.02. The van der Waals surface area contributed by atoms with Crippen LogP contribution in [0.5, 0.6) is 5.75 Å². The summed E-state index contributed by atoms with van der Waals surface area (Å²) in [5.74, 6) is 0.806. The van der Waals surface area contributed by atoms with Crippen LogP contribution in [0.15, 0.2) is 30.5 Å². The van der Waals surface area contributed by atoms with E-state index in [-0.39, 0.29) is 0 Å². The van der Waals surface area contributed by atoms with Crippen LogP contribution in [0.4, 0.5) is 0 Å². The Hall–Kier alpha value is -1.39. The van der Waals surface area contributed by atoms with Gasteiger partial charge in [0.1, 0.15) is 12.4 Å². The maximum Gasteiger partial charge on any atom is 0.124 e. The predicted molar refractivity (Wildman–Crippen MR) is 68.3 cm³/mol. The largest absolute Gasteiger partial charge is 0.488 e. The number of hydrogen-bond donors (Lipinski definition) is 1. The number of aromatic nitrogens is 1. The van der Waals surface area contributed by atoms with Crippen molar-refractivity contribution in [2.24, 2.45) is 0 Å². The lowest BCUT2D eigenvalue weighted by Crippen LogP contribution is -1.94. The summed E-state index contributed by atoms with van der Waals surface area (Å²) in [7, 11) is 0. The molecular weight excluding hydrogens is 234 g/mol. The lowest BCUT2D eigenvalue weighted by atomic mass is 10.1. The Morgan fingerprint density at radius 3 is 2.59 bits per heavy atom. The summed E-state index contributed by atoms with van der Waals surface area (Å²) in [6.45, 7) is 4.26. The Morgan fingerprint density at radius 2 is 2.06 bits per heavy atom. The van der Waals surface area contributed by atoms with Crippen LogP contribution in [0.1, 0.15) is 28.5 Å². The summed E-state index contributed by atoms with van der Waals surface area (Å²) >= 11 is 1.64. The monoisotopic (exact) mass is 249 g/mol. The lowest BCUT2D eigenvalue weighted by Gasteiger charge is -2.07. The van der Waals surface area contributed by atoms with Crippen LogP contribution < -0.4 is 4.74 Å². The van der Waals surface area contributed by atoms with Gasteiger partial charge in [0.05, 0.1) is 16.0 Å². The van der Waals surface area contributed by atoms with E-state index in [1.165, 1.54) is 0 Å². The molecule has 2 rings (SSSR count). The molecule has 0 saturated carbocycles. The van der Waals surface area contributed by atoms with E-state index < -0.39 is 6.10 Å². The molecular formula is C13H15NO2S. The maximum atomic E-state index is 9.38. The first-order valence-corrected chi connectivity index (χ1v) is 6.29. The average molecular weight is 249 g/mol. The summed E-state index contributed by atoms with van der Waals surface area (Å²) in [5.41, 5.74) is 0.894. The summed E-state index contributed by atoms with van der Waals surface area (Å²) in [5, 5.41) is 10.4. The van der Waals surface area contributed by atoms with Crippen molar-refractivity contribution < 1.29 is 9.84 Å². The minimum Gasteiger partial charge on any atom is -0.488 e. The molecule has 0 bridgehead atoms. The highest BCUT2D eigenvalue weighted by atomic mass is 32.1. The molecule has 2 aromatic rings. The zero-order valence-corrected chi connectivity index (χ0v) is 10.7. The van der Waals surface area contributed by atoms with Crippen LogP contribution >= 0.6 is 11.3 Å². The van der Waals surface area contributed by atoms with Crippen LogP contribution in [-0.2, 0) is 6.61 Å². The van der Waals surface area contributed by atoms with Crippen molar-refractivity contribution in [3.8, 4) is 5.75 Å². The van der Waals surface area contributed by atoms with Crippen molar-refractivity contribution in [1.29, 1.82) is 0 Å². The maximum absolute atomic E-state index is 9.38. The molecule has 0 saturated heterocycles. The number of rotatable bonds is 4. The second-order valence-corrected chi connectivity index (χ2v) is 5.20. The van der Waals surface area contributed by atoms with Crippen LogP contribution in [0.2, 0.25) is 0 Å². The van der Waals surface area contributed by atoms with Crippen molar-refractivity contribution in [2.45, 2.75) is 26.6 Å². The smallest absolute Gasteiger partial charge is 0.124 e. The predicted octanol–water partition coefficient (Wildman–Crippen LogP) is 3.08. The lowest BCUT2D eigenvalue weighted by molar-refractivity contribution is 0.199. The second kappa shape index (κ2) is 5.29. The number of ether oxygens (including phenoxy) is 1. The van der Waals surface area contributed by atoms with Crippen LogP contribution in [0.25, 0.3) is 0 Å². The van der Waals surface area contributed by atoms with Gasteiger partial charge in [-0.15, -0.1) is 11.3 Å². The molecule has 1 unspecified atom stereocenters. The van der Waals surface area contributed by atoms with E-state index in [0.717, 1.165) is 21.2 Å². The van der Waals surface area contributed by atoms with Gasteiger partial charge >= 0.3 is 0 Å². The molecule has 1 aromatic carbocycles. The SMILES string of the molecule is Cc1ncc(COc2ccc(C(C)O)cc2)s1. The van der Waals surface area contributed by atoms with Gasteiger partial charge < -0.3 is 9.84 Å². The van der Waals surface area contributed by atoms with Gasteiger partial charge in [0.25, 0.3) is 0 Å². The molecule has 1 N–H and O–H groups in total. The third kappa shape index (κ3) is 3.28. The molecule has 17 heavy (non-hydrogen) atoms. The Morgan fingerprint density at radius 1 is 1.35 bits per heavy atom. The van der Waals surface area contributed by atoms with Crippen molar-refractivity contribution in [3.05, 3.63) is 45.9 Å². The standard InChI is InChI=1S/C13H15NO2S/c1-9(15)11-3-5-12(6-4-11)16-8-13-7-14-10(2)17-13/h3-7,9,15H,8H2,1-2H3. The van der Waals surface area contributed by atoms with Crippen molar-refractivity contribution in [3.63, 3.8) is 0 Å². The zero-order valence-electron chi connectivity index (χ0n) is 9.88. The van der Waals surface area contributed by atoms with Crippen LogP contribution in [-0.4, -0.2) is 10.1 Å². The number of benzene rings is 1. The fourth-order valence-electron chi connectivity index (χ4n) is 1.47. The van der Waals surface area contributed by atoms with Crippen molar-refractivity contribution in [1.82, 2.24) is 4.98 Å². The Labute approximate surface area is 105 Å². The van der Waals surface area contributed by atoms with Gasteiger partial charge in [0.2, 0.25) is 0 Å². The fourth-order valence-corrected chi connectivity index (χ4v) is 2.18. The summed E-state index contributed by atoms with van der Waals surface area (Å²) in [6.07, 6.45) is 1.40. The fraction of sp³-hybridized carbons (Fsp3) is 0.308. The number of aryl methyl sites for hydroxylation is 1. The first kappa shape index (κ1) is 12.1. The van der Waals surface area contributed by atoms with E-state index in [9.17, 15) is 5.11 Å². The minimum absolute atomic E-state index is 0.437. The Balaban J connectivity index is 1.95. The molecule has 0 fully saturated rings. The molecule has 0 aliphatic carbocycles. The summed E-state index contributed by atoms with van der Waals surface area (Å²) < 4.78 is 5.63. The highest BCUT2D eigenvalue weighted by Crippen LogP contribution is 2.19. The molecule has 0 amide bonds. The molecule has 4 heteroatoms. The third-order valence-electron chi connectivity index (χ3n) is 2.41. The molecule has 0 aliphatic heterocycles. The van der Waals surface area contributed by atoms with E-state index >= 15 is 0 Å². The first-order chi connectivity index (χ1) is 8.15. The van der Waals surface area contributed by atoms with E-state index in [2.05, 4.69) is 4.98 Å². The Bertz CT molecular complexity index is 476. The topological polar surface area (TPSA) is 42.4 Å². The van der Waals surface area contributed by atoms with E-state index in [0.29, 0.717) is 6.61 Å². The molecule has 3 nitrogen and oxygen atoms in total. The van der Waals surface area contributed by atoms with Gasteiger partial charge in [0, 0.05) is 6.20 Å². The van der Waals surface area contributed by atoms with E-state index in [1.54, 1.807) is 18.3 Å². The molecule has 0 radical (unpaired) electrons. The molecule has 90 valence electrons. The second-order valence-electron chi connectivity index (χ2n) is 3.88. The molecule has 0 spiro atoms. The molecule has 0 aliphatic rings. The van der Waals surface area contributed by atoms with Gasteiger partial charge in [0.15, 0.2) is 0 Å². The van der Waals surface area contributed by atoms with Gasteiger partial charge in [-0.25, -0.2) is 4.98 Å². The normalized spacial score (nSPS) is 12.4. The van der Waals surface area contributed by atoms with Gasteiger partial charge in [-0.1, -0.05) is 12.1 Å². The first-order valence-electron chi connectivity index (χ1n) is 5.47. The van der Waals surface area contributed by atoms with Gasteiger partial charge in [-0.2, -0.15) is 0 Å².